The summed E-state index contributed by atoms with van der Waals surface area (Å²) in [5.74, 6) is 3.01. The topological polar surface area (TPSA) is 196 Å². The number of aryl methyl sites for hydroxylation is 2. The number of unbranched alkanes of at least 4 members (excludes halogenated alkanes) is 2. The van der Waals surface area contributed by atoms with Gasteiger partial charge in [-0.1, -0.05) is 72.3 Å². The smallest absolute Gasteiger partial charge is 0.336 e. The quantitative estimate of drug-likeness (QED) is 0.0308. The van der Waals surface area contributed by atoms with Gasteiger partial charge in [-0.15, -0.1) is 0 Å². The van der Waals surface area contributed by atoms with Crippen LogP contribution in [0, 0.1) is 13.8 Å². The summed E-state index contributed by atoms with van der Waals surface area (Å²) in [6, 6.07) is 27.7. The zero-order valence-electron chi connectivity index (χ0n) is 40.7. The van der Waals surface area contributed by atoms with E-state index >= 15 is 0 Å². The molecule has 7 rings (SSSR count). The van der Waals surface area contributed by atoms with Gasteiger partial charge in [0.25, 0.3) is 0 Å². The van der Waals surface area contributed by atoms with Gasteiger partial charge in [-0.05, 0) is 117 Å². The third-order valence-corrected chi connectivity index (χ3v) is 11.2. The Bertz CT molecular complexity index is 3070. The van der Waals surface area contributed by atoms with Gasteiger partial charge in [0.2, 0.25) is 0 Å². The van der Waals surface area contributed by atoms with Crippen molar-refractivity contribution < 1.29 is 61.5 Å². The summed E-state index contributed by atoms with van der Waals surface area (Å²) in [4.78, 5) is 59.3. The number of hydrogen-bond donors (Lipinski definition) is 1. The molecule has 0 aliphatic heterocycles. The van der Waals surface area contributed by atoms with E-state index in [1.54, 1.807) is 79.9 Å². The van der Waals surface area contributed by atoms with E-state index in [1.807, 2.05) is 13.8 Å². The minimum absolute atomic E-state index is 0. The van der Waals surface area contributed by atoms with E-state index in [4.69, 9.17) is 42.0 Å². The predicted octanol–water partition coefficient (Wildman–Crippen LogP) is 13.6. The summed E-state index contributed by atoms with van der Waals surface area (Å²) >= 11 is 3.15. The van der Waals surface area contributed by atoms with E-state index in [0.29, 0.717) is 80.9 Å². The second-order valence-corrected chi connectivity index (χ2v) is 16.4. The monoisotopic (exact) mass is 1100 g/mol. The van der Waals surface area contributed by atoms with Gasteiger partial charge < -0.3 is 47.1 Å². The van der Waals surface area contributed by atoms with Crippen LogP contribution in [0.3, 0.4) is 0 Å². The molecule has 0 fully saturated rings. The van der Waals surface area contributed by atoms with Crippen LogP contribution in [-0.2, 0) is 0 Å². The second-order valence-electron chi connectivity index (χ2n) is 15.8. The second kappa shape index (κ2) is 32.6. The van der Waals surface area contributed by atoms with Crippen molar-refractivity contribution in [2.45, 2.75) is 83.1 Å². The highest BCUT2D eigenvalue weighted by atomic mass is 79.9. The maximum atomic E-state index is 12.5. The summed E-state index contributed by atoms with van der Waals surface area (Å²) < 4.78 is 48.3. The van der Waals surface area contributed by atoms with Gasteiger partial charge in [-0.2, -0.15) is 0 Å². The molecule has 0 aliphatic carbocycles. The van der Waals surface area contributed by atoms with E-state index < -0.39 is 11.3 Å². The Hall–Kier alpha value is -7.59. The molecule has 75 heavy (non-hydrogen) atoms. The number of alkyl halides is 1. The van der Waals surface area contributed by atoms with E-state index in [1.165, 1.54) is 44.6 Å². The number of ketones is 3. The molecule has 5 aromatic carbocycles. The number of hydrogen-bond acceptors (Lipinski definition) is 15. The Labute approximate surface area is 448 Å². The van der Waals surface area contributed by atoms with Crippen LogP contribution in [0.2, 0.25) is 0 Å². The van der Waals surface area contributed by atoms with Gasteiger partial charge >= 0.3 is 11.3 Å². The molecule has 0 bridgehead atoms. The fourth-order valence-electron chi connectivity index (χ4n) is 6.76. The number of rotatable bonds is 21. The minimum Gasteiger partial charge on any atom is -0.504 e. The summed E-state index contributed by atoms with van der Waals surface area (Å²) in [5.41, 5.74) is 3.06. The van der Waals surface area contributed by atoms with Crippen LogP contribution >= 0.6 is 15.9 Å². The molecule has 15 nitrogen and oxygen atoms in total. The molecule has 0 aliphatic rings. The number of phenolic OH excluding ortho intramolecular Hbond substituents is 1. The fraction of sp³-hybridized carbons (Fsp3) is 0.339. The highest BCUT2D eigenvalue weighted by Crippen LogP contribution is 2.31. The Morgan fingerprint density at radius 3 is 1.27 bits per heavy atom. The van der Waals surface area contributed by atoms with Crippen LogP contribution in [0.25, 0.3) is 21.9 Å². The molecule has 0 unspecified atom stereocenters. The van der Waals surface area contributed by atoms with Crippen molar-refractivity contribution in [1.82, 2.24) is 0 Å². The van der Waals surface area contributed by atoms with Gasteiger partial charge in [0.05, 0.1) is 39.9 Å². The van der Waals surface area contributed by atoms with Crippen LogP contribution in [0.4, 0.5) is 0 Å². The minimum atomic E-state index is -0.436. The molecule has 2 aromatic heterocycles. The van der Waals surface area contributed by atoms with Gasteiger partial charge in [0.1, 0.15) is 22.7 Å². The maximum Gasteiger partial charge on any atom is 0.336 e. The molecule has 0 amide bonds. The van der Waals surface area contributed by atoms with Gasteiger partial charge in [-0.3, -0.25) is 14.4 Å². The molecule has 16 heteroatoms. The number of benzene rings is 5. The van der Waals surface area contributed by atoms with Gasteiger partial charge in [0.15, 0.2) is 65.1 Å². The van der Waals surface area contributed by atoms with Crippen molar-refractivity contribution in [3.63, 3.8) is 0 Å². The number of methoxy groups -OCH3 is 3. The number of carbonyl (C=O) groups excluding carboxylic acids is 3. The first-order valence-corrected chi connectivity index (χ1v) is 23.8. The number of fused-ring (bicyclic) bond motifs is 2. The van der Waals surface area contributed by atoms with Crippen molar-refractivity contribution in [2.24, 2.45) is 0 Å². The van der Waals surface area contributed by atoms with E-state index in [2.05, 4.69) is 29.8 Å². The zero-order valence-corrected chi connectivity index (χ0v) is 42.3. The number of Topliss-reactive ketones (excluding diaryl/α,β-unsaturated/α-hetero) is 3. The van der Waals surface area contributed by atoms with E-state index in [-0.39, 0.29) is 71.8 Å². The van der Waals surface area contributed by atoms with Crippen molar-refractivity contribution in [2.75, 3.05) is 53.1 Å². The van der Waals surface area contributed by atoms with E-state index in [9.17, 15) is 29.1 Å². The Kier molecular flexibility index (Phi) is 28.4. The lowest BCUT2D eigenvalue weighted by molar-refractivity contribution is 0.0914. The number of aromatic hydroxyl groups is 1. The van der Waals surface area contributed by atoms with Crippen LogP contribution in [-0.4, -0.2) is 75.5 Å². The van der Waals surface area contributed by atoms with Crippen LogP contribution < -0.4 is 44.4 Å². The molecule has 1 N–H and O–H groups in total. The van der Waals surface area contributed by atoms with Gasteiger partial charge in [0, 0.05) is 51.7 Å². The molecule has 0 saturated carbocycles. The first kappa shape index (κ1) is 65.4. The molecule has 0 saturated heterocycles. The van der Waals surface area contributed by atoms with Crippen molar-refractivity contribution in [3.8, 4) is 46.0 Å². The standard InChI is InChI=1S/C23H24O6.C19H16O6.C13H17BrO3.4CH4/c1-4-5-10-27-20-9-6-16(12-22(20)26-3)19(24)14-28-17-7-8-18-15(2)11-23(25)29-21(18)13-17;1-11-7-19(22)25-17-9-13(4-5-14(11)17)24-10-16(21)12-3-6-15(20)18(8-12)23-2;1-3-4-7-17-12-6-5-10(11(15)9-14)8-13(12)16-2;;;;/h6-9,11-13H,4-5,10,14H2,1-3H3;3-9,20H,10H2,1-2H3;5-6,8H,3-4,7,9H2,1-2H3;4*1H4. The first-order valence-electron chi connectivity index (χ1n) is 22.7. The molecule has 0 atom stereocenters. The Balaban J connectivity index is 0.000000565. The summed E-state index contributed by atoms with van der Waals surface area (Å²) in [7, 11) is 4.52. The number of halogens is 1. The summed E-state index contributed by atoms with van der Waals surface area (Å²) in [6.07, 6.45) is 4.07. The lowest BCUT2D eigenvalue weighted by Gasteiger charge is -2.12. The number of carbonyl (C=O) groups is 3. The fourth-order valence-corrected chi connectivity index (χ4v) is 7.08. The molecule has 406 valence electrons. The molecule has 7 aromatic rings. The van der Waals surface area contributed by atoms with Crippen LogP contribution in [0.15, 0.2) is 122 Å². The van der Waals surface area contributed by atoms with E-state index in [0.717, 1.165) is 47.6 Å². The number of phenols is 1. The summed E-state index contributed by atoms with van der Waals surface area (Å²) in [5, 5.41) is 11.5. The molecule has 2 heterocycles. The average molecular weight is 1100 g/mol. The molecular weight excluding hydrogens is 1030 g/mol. The lowest BCUT2D eigenvalue weighted by Crippen LogP contribution is -2.12. The van der Waals surface area contributed by atoms with Crippen LogP contribution in [0.1, 0.15) is 111 Å². The third-order valence-electron chi connectivity index (χ3n) is 10.7. The maximum absolute atomic E-state index is 12.5. The summed E-state index contributed by atoms with van der Waals surface area (Å²) in [6.45, 7) is 8.77. The largest absolute Gasteiger partial charge is 0.504 e. The predicted molar refractivity (Wildman–Crippen MR) is 301 cm³/mol. The SMILES string of the molecule is C.C.C.C.CCCCOc1ccc(C(=O)CBr)cc1OC.CCCCOc1ccc(C(=O)COc2ccc3c(C)cc(=O)oc3c2)cc1OC.COc1cc(C(=O)COc2ccc3c(C)cc(=O)oc3c2)ccc1O. The molecular formula is C59H73BrO15. The highest BCUT2D eigenvalue weighted by Gasteiger charge is 2.15. The number of ether oxygens (including phenoxy) is 7. The average Bonchev–Trinajstić information content (AvgIpc) is 3.37. The molecule has 0 radical (unpaired) electrons. The normalized spacial score (nSPS) is 9.97. The zero-order chi connectivity index (χ0) is 51.5. The molecule has 0 spiro atoms. The Morgan fingerprint density at radius 2 is 0.880 bits per heavy atom. The third kappa shape index (κ3) is 18.7. The first-order chi connectivity index (χ1) is 34.2. The highest BCUT2D eigenvalue weighted by molar-refractivity contribution is 9.09. The van der Waals surface area contributed by atoms with Gasteiger partial charge in [-0.25, -0.2) is 9.59 Å². The lowest BCUT2D eigenvalue weighted by atomic mass is 10.1. The van der Waals surface area contributed by atoms with Crippen LogP contribution in [0.5, 0.6) is 46.0 Å². The Morgan fingerprint density at radius 1 is 0.493 bits per heavy atom. The van der Waals surface area contributed by atoms with Crippen molar-refractivity contribution in [3.05, 3.63) is 152 Å². The van der Waals surface area contributed by atoms with Crippen molar-refractivity contribution >= 4 is 55.2 Å². The van der Waals surface area contributed by atoms with Crippen molar-refractivity contribution in [1.29, 1.82) is 0 Å².